The van der Waals surface area contributed by atoms with Gasteiger partial charge in [0.05, 0.1) is 12.8 Å². The molecule has 1 rings (SSSR count). The average Bonchev–Trinajstić information content (AvgIpc) is 2.23. The van der Waals surface area contributed by atoms with E-state index in [2.05, 4.69) is 4.74 Å². The molecule has 1 unspecified atom stereocenters. The van der Waals surface area contributed by atoms with Crippen molar-refractivity contribution in [2.24, 2.45) is 0 Å². The van der Waals surface area contributed by atoms with Gasteiger partial charge in [0, 0.05) is 0 Å². The van der Waals surface area contributed by atoms with Crippen LogP contribution in [-0.4, -0.2) is 18.2 Å². The summed E-state index contributed by atoms with van der Waals surface area (Å²) in [6.07, 6.45) is -1.67. The highest BCUT2D eigenvalue weighted by Gasteiger charge is 2.20. The van der Waals surface area contributed by atoms with Gasteiger partial charge in [0.1, 0.15) is 0 Å². The van der Waals surface area contributed by atoms with Crippen LogP contribution in [0.15, 0.2) is 12.1 Å². The van der Waals surface area contributed by atoms with E-state index in [9.17, 15) is 18.7 Å². The van der Waals surface area contributed by atoms with Crippen LogP contribution in [0, 0.1) is 11.6 Å². The van der Waals surface area contributed by atoms with Gasteiger partial charge in [0.25, 0.3) is 0 Å². The predicted octanol–water partition coefficient (Wildman–Crippen LogP) is 0.753. The standard InChI is InChI=1S/C9H9F2NO3/c1-15-9(14)8(13)4-2-5(10)7(11)6(12)3-4/h2-3,8,13H,12H2,1H3. The van der Waals surface area contributed by atoms with E-state index in [0.717, 1.165) is 13.2 Å². The zero-order chi connectivity index (χ0) is 11.6. The first-order valence-corrected chi connectivity index (χ1v) is 3.97. The quantitative estimate of drug-likeness (QED) is 0.566. The highest BCUT2D eigenvalue weighted by molar-refractivity contribution is 5.76. The van der Waals surface area contributed by atoms with Gasteiger partial charge in [-0.05, 0) is 17.7 Å². The summed E-state index contributed by atoms with van der Waals surface area (Å²) in [5.74, 6) is -3.41. The van der Waals surface area contributed by atoms with Gasteiger partial charge in [-0.3, -0.25) is 0 Å². The topological polar surface area (TPSA) is 72.5 Å². The van der Waals surface area contributed by atoms with Crippen molar-refractivity contribution in [3.05, 3.63) is 29.3 Å². The number of anilines is 1. The Morgan fingerprint density at radius 2 is 2.13 bits per heavy atom. The molecular weight excluding hydrogens is 208 g/mol. The number of aliphatic hydroxyl groups is 1. The minimum atomic E-state index is -1.67. The van der Waals surface area contributed by atoms with Crippen LogP contribution in [0.2, 0.25) is 0 Å². The second-order valence-electron chi connectivity index (χ2n) is 2.83. The number of benzene rings is 1. The Bertz CT molecular complexity index is 372. The van der Waals surface area contributed by atoms with E-state index >= 15 is 0 Å². The molecule has 0 aliphatic carbocycles. The lowest BCUT2D eigenvalue weighted by atomic mass is 10.1. The summed E-state index contributed by atoms with van der Waals surface area (Å²) >= 11 is 0. The number of hydrogen-bond acceptors (Lipinski definition) is 4. The maximum Gasteiger partial charge on any atom is 0.339 e. The Morgan fingerprint density at radius 1 is 1.53 bits per heavy atom. The molecule has 0 aliphatic heterocycles. The lowest BCUT2D eigenvalue weighted by Crippen LogP contribution is -2.14. The summed E-state index contributed by atoms with van der Waals surface area (Å²) < 4.78 is 29.8. The first-order valence-electron chi connectivity index (χ1n) is 3.97. The van der Waals surface area contributed by atoms with Gasteiger partial charge in [-0.1, -0.05) is 0 Å². The Morgan fingerprint density at radius 3 is 2.60 bits per heavy atom. The first-order chi connectivity index (χ1) is 6.97. The smallest absolute Gasteiger partial charge is 0.339 e. The van der Waals surface area contributed by atoms with Crippen molar-refractivity contribution in [3.63, 3.8) is 0 Å². The molecule has 0 aliphatic rings. The molecule has 0 fully saturated rings. The van der Waals surface area contributed by atoms with Crippen molar-refractivity contribution < 1.29 is 23.4 Å². The Balaban J connectivity index is 3.11. The second-order valence-corrected chi connectivity index (χ2v) is 2.83. The molecule has 3 N–H and O–H groups in total. The molecule has 4 nitrogen and oxygen atoms in total. The van der Waals surface area contributed by atoms with Crippen molar-refractivity contribution in [1.82, 2.24) is 0 Å². The predicted molar refractivity (Wildman–Crippen MR) is 47.7 cm³/mol. The summed E-state index contributed by atoms with van der Waals surface area (Å²) in [6, 6.07) is 1.66. The number of ether oxygens (including phenoxy) is 1. The molecule has 15 heavy (non-hydrogen) atoms. The van der Waals surface area contributed by atoms with Crippen LogP contribution in [0.1, 0.15) is 11.7 Å². The average molecular weight is 217 g/mol. The Labute approximate surface area is 84.3 Å². The van der Waals surface area contributed by atoms with Crippen molar-refractivity contribution in [2.45, 2.75) is 6.10 Å². The molecule has 0 bridgehead atoms. The highest BCUT2D eigenvalue weighted by Crippen LogP contribution is 2.22. The van der Waals surface area contributed by atoms with E-state index in [4.69, 9.17) is 5.73 Å². The molecule has 1 aromatic carbocycles. The van der Waals surface area contributed by atoms with Gasteiger partial charge in [0.15, 0.2) is 17.7 Å². The van der Waals surface area contributed by atoms with Crippen molar-refractivity contribution in [3.8, 4) is 0 Å². The maximum atomic E-state index is 12.8. The van der Waals surface area contributed by atoms with E-state index < -0.39 is 29.4 Å². The Kier molecular flexibility index (Phi) is 3.21. The number of carbonyl (C=O) groups excluding carboxylic acids is 1. The normalized spacial score (nSPS) is 12.3. The van der Waals surface area contributed by atoms with Gasteiger partial charge >= 0.3 is 5.97 Å². The van der Waals surface area contributed by atoms with Gasteiger partial charge in [-0.25, -0.2) is 13.6 Å². The number of nitrogens with two attached hydrogens (primary N) is 1. The van der Waals surface area contributed by atoms with Crippen LogP contribution in [0.3, 0.4) is 0 Å². The largest absolute Gasteiger partial charge is 0.467 e. The molecule has 1 atom stereocenters. The third-order valence-corrected chi connectivity index (χ3v) is 1.82. The van der Waals surface area contributed by atoms with Gasteiger partial charge in [0.2, 0.25) is 0 Å². The molecule has 0 amide bonds. The Hall–Kier alpha value is -1.69. The van der Waals surface area contributed by atoms with Gasteiger partial charge in [-0.2, -0.15) is 0 Å². The molecule has 0 saturated carbocycles. The molecule has 0 aromatic heterocycles. The van der Waals surface area contributed by atoms with Crippen LogP contribution in [-0.2, 0) is 9.53 Å². The van der Waals surface area contributed by atoms with Crippen molar-refractivity contribution in [1.29, 1.82) is 0 Å². The first kappa shape index (κ1) is 11.4. The monoisotopic (exact) mass is 217 g/mol. The highest BCUT2D eigenvalue weighted by atomic mass is 19.2. The summed E-state index contributed by atoms with van der Waals surface area (Å²) in [5.41, 5.74) is 4.49. The SMILES string of the molecule is COC(=O)C(O)c1cc(N)c(F)c(F)c1. The van der Waals surface area contributed by atoms with Crippen LogP contribution in [0.5, 0.6) is 0 Å². The number of methoxy groups -OCH3 is 1. The molecule has 0 saturated heterocycles. The lowest BCUT2D eigenvalue weighted by Gasteiger charge is -2.09. The fraction of sp³-hybridized carbons (Fsp3) is 0.222. The number of rotatable bonds is 2. The number of carbonyl (C=O) groups is 1. The number of esters is 1. The number of aliphatic hydroxyl groups excluding tert-OH is 1. The van der Waals surface area contributed by atoms with E-state index in [1.807, 2.05) is 0 Å². The van der Waals surface area contributed by atoms with Crippen LogP contribution in [0.25, 0.3) is 0 Å². The molecular formula is C9H9F2NO3. The zero-order valence-electron chi connectivity index (χ0n) is 7.83. The second kappa shape index (κ2) is 4.22. The van der Waals surface area contributed by atoms with Crippen LogP contribution >= 0.6 is 0 Å². The molecule has 0 radical (unpaired) electrons. The number of halogens is 2. The zero-order valence-corrected chi connectivity index (χ0v) is 7.83. The van der Waals surface area contributed by atoms with Crippen molar-refractivity contribution >= 4 is 11.7 Å². The van der Waals surface area contributed by atoms with E-state index in [1.54, 1.807) is 0 Å². The molecule has 0 heterocycles. The number of nitrogen functional groups attached to an aromatic ring is 1. The van der Waals surface area contributed by atoms with Crippen molar-refractivity contribution in [2.75, 3.05) is 12.8 Å². The minimum absolute atomic E-state index is 0.154. The van der Waals surface area contributed by atoms with Gasteiger partial charge < -0.3 is 15.6 Å². The minimum Gasteiger partial charge on any atom is -0.467 e. The van der Waals surface area contributed by atoms with Crippen LogP contribution in [0.4, 0.5) is 14.5 Å². The third-order valence-electron chi connectivity index (χ3n) is 1.82. The molecule has 1 aromatic rings. The summed E-state index contributed by atoms with van der Waals surface area (Å²) in [7, 11) is 1.06. The molecule has 0 spiro atoms. The third kappa shape index (κ3) is 2.21. The lowest BCUT2D eigenvalue weighted by molar-refractivity contribution is -0.150. The van der Waals surface area contributed by atoms with Crippen LogP contribution < -0.4 is 5.73 Å². The summed E-state index contributed by atoms with van der Waals surface area (Å²) in [4.78, 5) is 10.9. The summed E-state index contributed by atoms with van der Waals surface area (Å²) in [6.45, 7) is 0. The number of hydrogen-bond donors (Lipinski definition) is 2. The van der Waals surface area contributed by atoms with E-state index in [1.165, 1.54) is 0 Å². The summed E-state index contributed by atoms with van der Waals surface area (Å²) in [5, 5.41) is 9.31. The fourth-order valence-corrected chi connectivity index (χ4v) is 1.04. The van der Waals surface area contributed by atoms with Gasteiger partial charge in [-0.15, -0.1) is 0 Å². The van der Waals surface area contributed by atoms with E-state index in [-0.39, 0.29) is 5.56 Å². The fourth-order valence-electron chi connectivity index (χ4n) is 1.04. The molecule has 6 heteroatoms. The molecule has 82 valence electrons. The maximum absolute atomic E-state index is 12.8. The van der Waals surface area contributed by atoms with E-state index in [0.29, 0.717) is 6.07 Å².